The molecule has 0 bridgehead atoms. The summed E-state index contributed by atoms with van der Waals surface area (Å²) in [7, 11) is 1.56. The van der Waals surface area contributed by atoms with Crippen molar-refractivity contribution < 1.29 is 23.0 Å². The molecule has 0 radical (unpaired) electrons. The molecular formula is C13H15F2N3O3. The first-order valence-electron chi connectivity index (χ1n) is 6.25. The maximum absolute atomic E-state index is 12.1. The molecule has 1 atom stereocenters. The van der Waals surface area contributed by atoms with Crippen LogP contribution in [0.2, 0.25) is 0 Å². The third-order valence-corrected chi connectivity index (χ3v) is 2.79. The largest absolute Gasteiger partial charge is 0.435 e. The van der Waals surface area contributed by atoms with Crippen molar-refractivity contribution >= 4 is 11.9 Å². The highest BCUT2D eigenvalue weighted by molar-refractivity contribution is 6.06. The second kappa shape index (κ2) is 6.98. The van der Waals surface area contributed by atoms with Crippen LogP contribution in [-0.4, -0.2) is 38.7 Å². The van der Waals surface area contributed by atoms with Crippen LogP contribution in [0.3, 0.4) is 0 Å². The number of hydrogen-bond acceptors (Lipinski definition) is 4. The Morgan fingerprint density at radius 1 is 1.33 bits per heavy atom. The van der Waals surface area contributed by atoms with E-state index in [2.05, 4.69) is 20.4 Å². The lowest BCUT2D eigenvalue weighted by Crippen LogP contribution is -2.26. The Kier molecular flexibility index (Phi) is 5.04. The van der Waals surface area contributed by atoms with E-state index in [1.807, 2.05) is 0 Å². The molecule has 1 amide bonds. The van der Waals surface area contributed by atoms with Gasteiger partial charge in [-0.2, -0.15) is 8.78 Å². The lowest BCUT2D eigenvalue weighted by atomic mass is 10.1. The number of guanidine groups is 1. The molecule has 1 aliphatic heterocycles. The van der Waals surface area contributed by atoms with Gasteiger partial charge in [0.05, 0.1) is 13.2 Å². The van der Waals surface area contributed by atoms with E-state index >= 15 is 0 Å². The summed E-state index contributed by atoms with van der Waals surface area (Å²) in [6, 6.07) is 5.26. The summed E-state index contributed by atoms with van der Waals surface area (Å²) in [5.74, 6) is 0.157. The van der Waals surface area contributed by atoms with Crippen LogP contribution in [0.5, 0.6) is 5.75 Å². The Bertz CT molecular complexity index is 520. The van der Waals surface area contributed by atoms with Crippen LogP contribution in [0.25, 0.3) is 0 Å². The number of benzene rings is 1. The van der Waals surface area contributed by atoms with Gasteiger partial charge in [-0.1, -0.05) is 12.1 Å². The molecule has 0 spiro atoms. The molecule has 1 aliphatic rings. The summed E-state index contributed by atoms with van der Waals surface area (Å²) >= 11 is 0. The topological polar surface area (TPSA) is 72.0 Å². The lowest BCUT2D eigenvalue weighted by molar-refractivity contribution is -0.120. The number of carbonyl (C=O) groups is 1. The summed E-state index contributed by atoms with van der Waals surface area (Å²) in [5, 5.41) is 5.52. The minimum atomic E-state index is -2.87. The Labute approximate surface area is 120 Å². The number of methoxy groups -OCH3 is 1. The van der Waals surface area contributed by atoms with Crippen LogP contribution in [0.4, 0.5) is 8.78 Å². The van der Waals surface area contributed by atoms with Crippen molar-refractivity contribution in [2.45, 2.75) is 12.7 Å². The van der Waals surface area contributed by atoms with E-state index in [-0.39, 0.29) is 11.7 Å². The van der Waals surface area contributed by atoms with Crippen molar-refractivity contribution in [1.82, 2.24) is 10.6 Å². The SMILES string of the molecule is COCCN=C1NC(=O)C(c2ccc(OC(F)F)cc2)N1. The smallest absolute Gasteiger partial charge is 0.387 e. The Balaban J connectivity index is 2.01. The van der Waals surface area contributed by atoms with E-state index in [0.29, 0.717) is 24.7 Å². The summed E-state index contributed by atoms with van der Waals surface area (Å²) in [5.41, 5.74) is 0.631. The molecule has 1 heterocycles. The van der Waals surface area contributed by atoms with E-state index in [1.54, 1.807) is 19.2 Å². The average Bonchev–Trinajstić information content (AvgIpc) is 2.80. The monoisotopic (exact) mass is 299 g/mol. The van der Waals surface area contributed by atoms with Crippen molar-refractivity contribution in [2.24, 2.45) is 4.99 Å². The molecule has 1 aromatic rings. The van der Waals surface area contributed by atoms with Crippen LogP contribution in [0.1, 0.15) is 11.6 Å². The maximum atomic E-state index is 12.1. The predicted octanol–water partition coefficient (Wildman–Crippen LogP) is 1.05. The highest BCUT2D eigenvalue weighted by atomic mass is 19.3. The molecule has 2 N–H and O–H groups in total. The number of halogens is 2. The average molecular weight is 299 g/mol. The molecule has 1 fully saturated rings. The van der Waals surface area contributed by atoms with Gasteiger partial charge in [0.2, 0.25) is 0 Å². The van der Waals surface area contributed by atoms with Gasteiger partial charge >= 0.3 is 6.61 Å². The molecule has 8 heteroatoms. The van der Waals surface area contributed by atoms with Crippen molar-refractivity contribution in [3.63, 3.8) is 0 Å². The standard InChI is InChI=1S/C13H15F2N3O3/c1-20-7-6-16-13-17-10(11(19)18-13)8-2-4-9(5-3-8)21-12(14)15/h2-5,10,12H,6-7H2,1H3,(H2,16,17,18,19). The summed E-state index contributed by atoms with van der Waals surface area (Å²) in [6.45, 7) is -2.00. The number of aliphatic imine (C=N–C) groups is 1. The third kappa shape index (κ3) is 4.12. The number of carbonyl (C=O) groups excluding carboxylic acids is 1. The molecule has 0 aromatic heterocycles. The number of alkyl halides is 2. The van der Waals surface area contributed by atoms with Gasteiger partial charge in [0, 0.05) is 7.11 Å². The lowest BCUT2D eigenvalue weighted by Gasteiger charge is -2.09. The Morgan fingerprint density at radius 2 is 2.05 bits per heavy atom. The summed E-state index contributed by atoms with van der Waals surface area (Å²) < 4.78 is 33.2. The molecule has 0 aliphatic carbocycles. The molecule has 1 aromatic carbocycles. The van der Waals surface area contributed by atoms with Gasteiger partial charge in [0.15, 0.2) is 5.96 Å². The number of amides is 1. The quantitative estimate of drug-likeness (QED) is 0.770. The zero-order valence-corrected chi connectivity index (χ0v) is 11.3. The normalized spacial score (nSPS) is 19.7. The van der Waals surface area contributed by atoms with Crippen LogP contribution in [0, 0.1) is 0 Å². The van der Waals surface area contributed by atoms with E-state index in [1.165, 1.54) is 12.1 Å². The fraction of sp³-hybridized carbons (Fsp3) is 0.385. The first-order chi connectivity index (χ1) is 10.1. The van der Waals surface area contributed by atoms with Gasteiger partial charge in [-0.05, 0) is 17.7 Å². The number of rotatable bonds is 6. The van der Waals surface area contributed by atoms with Gasteiger partial charge in [-0.15, -0.1) is 0 Å². The zero-order valence-electron chi connectivity index (χ0n) is 11.3. The number of nitrogens with zero attached hydrogens (tertiary/aromatic N) is 1. The summed E-state index contributed by atoms with van der Waals surface area (Å²) in [4.78, 5) is 16.0. The van der Waals surface area contributed by atoms with Crippen LogP contribution >= 0.6 is 0 Å². The van der Waals surface area contributed by atoms with E-state index in [0.717, 1.165) is 0 Å². The first-order valence-corrected chi connectivity index (χ1v) is 6.25. The minimum absolute atomic E-state index is 0.0427. The molecular weight excluding hydrogens is 284 g/mol. The van der Waals surface area contributed by atoms with Crippen molar-refractivity contribution in [2.75, 3.05) is 20.3 Å². The van der Waals surface area contributed by atoms with E-state index in [9.17, 15) is 13.6 Å². The molecule has 114 valence electrons. The van der Waals surface area contributed by atoms with Crippen LogP contribution in [0.15, 0.2) is 29.3 Å². The molecule has 2 rings (SSSR count). The molecule has 0 saturated carbocycles. The number of ether oxygens (including phenoxy) is 2. The van der Waals surface area contributed by atoms with Gasteiger partial charge < -0.3 is 14.8 Å². The third-order valence-electron chi connectivity index (χ3n) is 2.79. The van der Waals surface area contributed by atoms with E-state index in [4.69, 9.17) is 4.74 Å². The van der Waals surface area contributed by atoms with Gasteiger partial charge in [0.25, 0.3) is 5.91 Å². The second-order valence-electron chi connectivity index (χ2n) is 4.24. The number of hydrogen-bond donors (Lipinski definition) is 2. The van der Waals surface area contributed by atoms with Crippen LogP contribution < -0.4 is 15.4 Å². The van der Waals surface area contributed by atoms with Crippen LogP contribution in [-0.2, 0) is 9.53 Å². The predicted molar refractivity (Wildman–Crippen MR) is 71.3 cm³/mol. The molecule has 21 heavy (non-hydrogen) atoms. The number of nitrogens with one attached hydrogen (secondary N) is 2. The second-order valence-corrected chi connectivity index (χ2v) is 4.24. The summed E-state index contributed by atoms with van der Waals surface area (Å²) in [6.07, 6.45) is 0. The highest BCUT2D eigenvalue weighted by Gasteiger charge is 2.29. The zero-order chi connectivity index (χ0) is 15.2. The Morgan fingerprint density at radius 3 is 2.67 bits per heavy atom. The van der Waals surface area contributed by atoms with Crippen molar-refractivity contribution in [1.29, 1.82) is 0 Å². The Hall–Kier alpha value is -2.22. The van der Waals surface area contributed by atoms with Gasteiger partial charge in [0.1, 0.15) is 11.8 Å². The van der Waals surface area contributed by atoms with Gasteiger partial charge in [-0.3, -0.25) is 15.1 Å². The first kappa shape index (κ1) is 15.2. The van der Waals surface area contributed by atoms with Gasteiger partial charge in [-0.25, -0.2) is 0 Å². The molecule has 6 nitrogen and oxygen atoms in total. The highest BCUT2D eigenvalue weighted by Crippen LogP contribution is 2.21. The molecule has 1 saturated heterocycles. The fourth-order valence-corrected chi connectivity index (χ4v) is 1.84. The minimum Gasteiger partial charge on any atom is -0.435 e. The fourth-order valence-electron chi connectivity index (χ4n) is 1.84. The van der Waals surface area contributed by atoms with Crippen molar-refractivity contribution in [3.05, 3.63) is 29.8 Å². The maximum Gasteiger partial charge on any atom is 0.387 e. The van der Waals surface area contributed by atoms with E-state index < -0.39 is 12.7 Å². The molecule has 1 unspecified atom stereocenters. The van der Waals surface area contributed by atoms with Crippen molar-refractivity contribution in [3.8, 4) is 5.75 Å².